The summed E-state index contributed by atoms with van der Waals surface area (Å²) in [4.78, 5) is 3.62. The van der Waals surface area contributed by atoms with Gasteiger partial charge in [0.2, 0.25) is 0 Å². The Morgan fingerprint density at radius 3 is 3.00 bits per heavy atom. The zero-order valence-electron chi connectivity index (χ0n) is 11.8. The summed E-state index contributed by atoms with van der Waals surface area (Å²) in [6.45, 7) is 3.66. The van der Waals surface area contributed by atoms with Crippen molar-refractivity contribution >= 4 is 33.0 Å². The lowest BCUT2D eigenvalue weighted by Gasteiger charge is -2.22. The second-order valence-corrected chi connectivity index (χ2v) is 7.20. The molecule has 0 atom stereocenters. The average molecular weight is 367 g/mol. The normalized spacial score (nSPS) is 13.5. The van der Waals surface area contributed by atoms with Crippen LogP contribution in [-0.4, -0.2) is 29.7 Å². The second-order valence-electron chi connectivity index (χ2n) is 5.29. The SMILES string of the molecule is OCCN(Cc1cc(Br)cs1)Cc1cccc2c1NCC2. The molecule has 0 aliphatic carbocycles. The average Bonchev–Trinajstić information content (AvgIpc) is 3.08. The van der Waals surface area contributed by atoms with Gasteiger partial charge >= 0.3 is 0 Å². The number of nitrogens with one attached hydrogen (secondary N) is 1. The van der Waals surface area contributed by atoms with Crippen LogP contribution in [0.15, 0.2) is 34.1 Å². The third-order valence-electron chi connectivity index (χ3n) is 3.74. The summed E-state index contributed by atoms with van der Waals surface area (Å²) < 4.78 is 1.13. The minimum Gasteiger partial charge on any atom is -0.395 e. The van der Waals surface area contributed by atoms with Crippen molar-refractivity contribution < 1.29 is 5.11 Å². The van der Waals surface area contributed by atoms with Crippen molar-refractivity contribution in [2.24, 2.45) is 0 Å². The van der Waals surface area contributed by atoms with Crippen LogP contribution in [0.5, 0.6) is 0 Å². The number of aliphatic hydroxyl groups excluding tert-OH is 1. The van der Waals surface area contributed by atoms with E-state index in [1.165, 1.54) is 21.7 Å². The molecule has 21 heavy (non-hydrogen) atoms. The number of nitrogens with zero attached hydrogens (tertiary/aromatic N) is 1. The molecule has 0 saturated carbocycles. The van der Waals surface area contributed by atoms with Crippen LogP contribution in [0.2, 0.25) is 0 Å². The smallest absolute Gasteiger partial charge is 0.0558 e. The second kappa shape index (κ2) is 6.92. The topological polar surface area (TPSA) is 35.5 Å². The maximum atomic E-state index is 9.33. The first-order chi connectivity index (χ1) is 10.3. The highest BCUT2D eigenvalue weighted by Crippen LogP contribution is 2.28. The van der Waals surface area contributed by atoms with Gasteiger partial charge in [0.05, 0.1) is 6.61 Å². The molecule has 112 valence electrons. The van der Waals surface area contributed by atoms with Gasteiger partial charge in [-0.1, -0.05) is 18.2 Å². The summed E-state index contributed by atoms with van der Waals surface area (Å²) in [5.74, 6) is 0. The van der Waals surface area contributed by atoms with Crippen LogP contribution in [0.25, 0.3) is 0 Å². The molecule has 0 amide bonds. The van der Waals surface area contributed by atoms with Crippen LogP contribution in [0, 0.1) is 0 Å². The minimum atomic E-state index is 0.189. The number of rotatable bonds is 6. The number of fused-ring (bicyclic) bond motifs is 1. The van der Waals surface area contributed by atoms with E-state index in [0.29, 0.717) is 6.54 Å². The molecule has 2 aromatic rings. The van der Waals surface area contributed by atoms with E-state index in [2.05, 4.69) is 55.8 Å². The zero-order valence-corrected chi connectivity index (χ0v) is 14.2. The molecule has 2 heterocycles. The summed E-state index contributed by atoms with van der Waals surface area (Å²) in [6.07, 6.45) is 1.11. The van der Waals surface area contributed by atoms with E-state index in [1.54, 1.807) is 11.3 Å². The maximum absolute atomic E-state index is 9.33. The maximum Gasteiger partial charge on any atom is 0.0558 e. The van der Waals surface area contributed by atoms with Gasteiger partial charge in [-0.2, -0.15) is 0 Å². The van der Waals surface area contributed by atoms with Crippen molar-refractivity contribution in [3.05, 3.63) is 50.1 Å². The Kier molecular flexibility index (Phi) is 4.95. The molecular weight excluding hydrogens is 348 g/mol. The molecule has 1 aliphatic rings. The first-order valence-corrected chi connectivity index (χ1v) is 8.84. The van der Waals surface area contributed by atoms with E-state index in [9.17, 15) is 5.11 Å². The molecule has 0 fully saturated rings. The highest BCUT2D eigenvalue weighted by molar-refractivity contribution is 9.10. The summed E-state index contributed by atoms with van der Waals surface area (Å²) in [6, 6.07) is 8.68. The largest absolute Gasteiger partial charge is 0.395 e. The van der Waals surface area contributed by atoms with Crippen LogP contribution in [0.3, 0.4) is 0 Å². The van der Waals surface area contributed by atoms with Crippen LogP contribution >= 0.6 is 27.3 Å². The fourth-order valence-electron chi connectivity index (χ4n) is 2.80. The molecule has 0 bridgehead atoms. The highest BCUT2D eigenvalue weighted by atomic mass is 79.9. The third kappa shape index (κ3) is 3.66. The Morgan fingerprint density at radius 1 is 1.33 bits per heavy atom. The standard InChI is InChI=1S/C16H19BrN2OS/c17-14-8-15(21-11-14)10-19(6-7-20)9-13-3-1-2-12-4-5-18-16(12)13/h1-3,8,11,18,20H,4-7,9-10H2. The molecule has 0 radical (unpaired) electrons. The molecule has 3 nitrogen and oxygen atoms in total. The van der Waals surface area contributed by atoms with Crippen molar-refractivity contribution in [3.8, 4) is 0 Å². The quantitative estimate of drug-likeness (QED) is 0.821. The van der Waals surface area contributed by atoms with Crippen LogP contribution in [-0.2, 0) is 19.5 Å². The van der Waals surface area contributed by atoms with Crippen molar-refractivity contribution in [3.63, 3.8) is 0 Å². The number of anilines is 1. The van der Waals surface area contributed by atoms with Gasteiger partial charge in [0.25, 0.3) is 0 Å². The van der Waals surface area contributed by atoms with E-state index in [-0.39, 0.29) is 6.61 Å². The van der Waals surface area contributed by atoms with Crippen LogP contribution in [0.4, 0.5) is 5.69 Å². The summed E-state index contributed by atoms with van der Waals surface area (Å²) in [5.41, 5.74) is 4.04. The number of halogens is 1. The molecule has 3 rings (SSSR count). The molecule has 5 heteroatoms. The number of aliphatic hydroxyl groups is 1. The van der Waals surface area contributed by atoms with Gasteiger partial charge in [-0.25, -0.2) is 0 Å². The zero-order chi connectivity index (χ0) is 14.7. The fourth-order valence-corrected chi connectivity index (χ4v) is 4.29. The molecule has 1 aliphatic heterocycles. The van der Waals surface area contributed by atoms with Gasteiger partial charge in [-0.15, -0.1) is 11.3 Å². The van der Waals surface area contributed by atoms with Gasteiger partial charge in [-0.05, 0) is 39.5 Å². The van der Waals surface area contributed by atoms with Crippen molar-refractivity contribution in [2.75, 3.05) is 25.0 Å². The number of benzene rings is 1. The number of thiophene rings is 1. The lowest BCUT2D eigenvalue weighted by atomic mass is 10.1. The molecule has 2 N–H and O–H groups in total. The van der Waals surface area contributed by atoms with Crippen molar-refractivity contribution in [1.82, 2.24) is 4.90 Å². The molecule has 1 aromatic carbocycles. The first-order valence-electron chi connectivity index (χ1n) is 7.17. The predicted octanol–water partition coefficient (Wildman–Crippen LogP) is 3.47. The molecular formula is C16H19BrN2OS. The van der Waals surface area contributed by atoms with Crippen LogP contribution < -0.4 is 5.32 Å². The molecule has 0 saturated heterocycles. The van der Waals surface area contributed by atoms with Gasteiger partial charge in [0.1, 0.15) is 0 Å². The van der Waals surface area contributed by atoms with Crippen LogP contribution in [0.1, 0.15) is 16.0 Å². The number of hydrogen-bond acceptors (Lipinski definition) is 4. The number of hydrogen-bond donors (Lipinski definition) is 2. The van der Waals surface area contributed by atoms with E-state index >= 15 is 0 Å². The van der Waals surface area contributed by atoms with E-state index < -0.39 is 0 Å². The lowest BCUT2D eigenvalue weighted by Crippen LogP contribution is -2.26. The summed E-state index contributed by atoms with van der Waals surface area (Å²) in [7, 11) is 0. The Labute approximate surface area is 137 Å². The van der Waals surface area contributed by atoms with E-state index in [0.717, 1.165) is 30.5 Å². The monoisotopic (exact) mass is 366 g/mol. The van der Waals surface area contributed by atoms with Crippen molar-refractivity contribution in [2.45, 2.75) is 19.5 Å². The minimum absolute atomic E-state index is 0.189. The van der Waals surface area contributed by atoms with Gasteiger partial charge in [0.15, 0.2) is 0 Å². The Hall–Kier alpha value is -0.880. The summed E-state index contributed by atoms with van der Waals surface area (Å²) in [5, 5.41) is 14.9. The Balaban J connectivity index is 1.74. The molecule has 0 unspecified atom stereocenters. The van der Waals surface area contributed by atoms with E-state index in [1.807, 2.05) is 0 Å². The highest BCUT2D eigenvalue weighted by Gasteiger charge is 2.16. The van der Waals surface area contributed by atoms with Gasteiger partial charge < -0.3 is 10.4 Å². The van der Waals surface area contributed by atoms with Crippen molar-refractivity contribution in [1.29, 1.82) is 0 Å². The van der Waals surface area contributed by atoms with Gasteiger partial charge in [-0.3, -0.25) is 4.90 Å². The Bertz CT molecular complexity index is 614. The molecule has 1 aromatic heterocycles. The first kappa shape index (κ1) is 15.0. The molecule has 0 spiro atoms. The van der Waals surface area contributed by atoms with E-state index in [4.69, 9.17) is 0 Å². The summed E-state index contributed by atoms with van der Waals surface area (Å²) >= 11 is 5.25. The number of para-hydroxylation sites is 1. The lowest BCUT2D eigenvalue weighted by molar-refractivity contribution is 0.185. The predicted molar refractivity (Wildman–Crippen MR) is 91.9 cm³/mol. The third-order valence-corrected chi connectivity index (χ3v) is 5.43. The Morgan fingerprint density at radius 2 is 2.24 bits per heavy atom. The fraction of sp³-hybridized carbons (Fsp3) is 0.375. The van der Waals surface area contributed by atoms with Gasteiger partial charge in [0, 0.05) is 46.6 Å².